The van der Waals surface area contributed by atoms with Crippen molar-refractivity contribution in [1.82, 2.24) is 10.2 Å². The molecule has 0 radical (unpaired) electrons. The van der Waals surface area contributed by atoms with Crippen LogP contribution in [-0.2, 0) is 6.54 Å². The van der Waals surface area contributed by atoms with Crippen molar-refractivity contribution in [1.29, 1.82) is 0 Å². The van der Waals surface area contributed by atoms with Crippen LogP contribution >= 0.6 is 24.0 Å². The molecule has 0 atom stereocenters. The fourth-order valence-corrected chi connectivity index (χ4v) is 1.87. The summed E-state index contributed by atoms with van der Waals surface area (Å²) < 4.78 is 0. The van der Waals surface area contributed by atoms with E-state index in [0.717, 1.165) is 25.0 Å². The van der Waals surface area contributed by atoms with Gasteiger partial charge in [-0.15, -0.1) is 24.0 Å². The molecule has 1 saturated carbocycles. The monoisotopic (exact) mass is 359 g/mol. The lowest BCUT2D eigenvalue weighted by atomic mass is 10.2. The lowest BCUT2D eigenvalue weighted by molar-refractivity contribution is 0.474. The van der Waals surface area contributed by atoms with E-state index in [9.17, 15) is 0 Å². The number of nitrogens with one attached hydrogen (secondary N) is 1. The number of aliphatic imine (C=N–C) groups is 1. The van der Waals surface area contributed by atoms with Gasteiger partial charge in [0, 0.05) is 27.2 Å². The van der Waals surface area contributed by atoms with E-state index in [1.54, 1.807) is 0 Å². The largest absolute Gasteiger partial charge is 0.356 e. The molecule has 0 heterocycles. The van der Waals surface area contributed by atoms with E-state index in [2.05, 4.69) is 46.5 Å². The van der Waals surface area contributed by atoms with Crippen LogP contribution in [0.15, 0.2) is 35.3 Å². The van der Waals surface area contributed by atoms with E-state index >= 15 is 0 Å². The Morgan fingerprint density at radius 3 is 2.56 bits per heavy atom. The molecule has 4 heteroatoms. The van der Waals surface area contributed by atoms with Crippen LogP contribution in [0.3, 0.4) is 0 Å². The summed E-state index contributed by atoms with van der Waals surface area (Å²) in [4.78, 5) is 6.48. The minimum atomic E-state index is 0. The first-order valence-electron chi connectivity index (χ1n) is 6.25. The van der Waals surface area contributed by atoms with Gasteiger partial charge >= 0.3 is 0 Å². The molecule has 0 unspecified atom stereocenters. The van der Waals surface area contributed by atoms with Gasteiger partial charge in [0.1, 0.15) is 0 Å². The Morgan fingerprint density at radius 2 is 2.00 bits per heavy atom. The third-order valence-corrected chi connectivity index (χ3v) is 3.08. The highest BCUT2D eigenvalue weighted by Gasteiger charge is 2.21. The number of guanidine groups is 1. The summed E-state index contributed by atoms with van der Waals surface area (Å²) in [5.74, 6) is 1.86. The van der Waals surface area contributed by atoms with Crippen LogP contribution < -0.4 is 5.32 Å². The summed E-state index contributed by atoms with van der Waals surface area (Å²) in [5.41, 5.74) is 1.31. The van der Waals surface area contributed by atoms with Crippen molar-refractivity contribution in [2.75, 3.05) is 20.6 Å². The summed E-state index contributed by atoms with van der Waals surface area (Å²) in [6.07, 6.45) is 2.73. The summed E-state index contributed by atoms with van der Waals surface area (Å²) in [7, 11) is 3.92. The molecule has 1 aliphatic rings. The predicted molar refractivity (Wildman–Crippen MR) is 87.4 cm³/mol. The van der Waals surface area contributed by atoms with E-state index in [0.29, 0.717) is 0 Å². The summed E-state index contributed by atoms with van der Waals surface area (Å²) >= 11 is 0. The van der Waals surface area contributed by atoms with E-state index in [4.69, 9.17) is 0 Å². The third-order valence-electron chi connectivity index (χ3n) is 3.08. The quantitative estimate of drug-likeness (QED) is 0.509. The molecule has 1 aromatic carbocycles. The molecule has 3 nitrogen and oxygen atoms in total. The molecule has 18 heavy (non-hydrogen) atoms. The normalized spacial score (nSPS) is 14.9. The standard InChI is InChI=1S/C14H21N3.HI/c1-15-14(16-10-12-8-9-12)17(2)11-13-6-4-3-5-7-13;/h3-7,12H,8-11H2,1-2H3,(H,15,16);1H. The topological polar surface area (TPSA) is 27.6 Å². The average Bonchev–Trinajstić information content (AvgIpc) is 3.15. The van der Waals surface area contributed by atoms with Gasteiger partial charge in [-0.3, -0.25) is 4.99 Å². The van der Waals surface area contributed by atoms with E-state index in [1.807, 2.05) is 13.1 Å². The van der Waals surface area contributed by atoms with Gasteiger partial charge in [0.25, 0.3) is 0 Å². The van der Waals surface area contributed by atoms with Crippen molar-refractivity contribution in [3.05, 3.63) is 35.9 Å². The Morgan fingerprint density at radius 1 is 1.33 bits per heavy atom. The van der Waals surface area contributed by atoms with Crippen LogP contribution in [0.1, 0.15) is 18.4 Å². The van der Waals surface area contributed by atoms with Crippen molar-refractivity contribution in [3.8, 4) is 0 Å². The van der Waals surface area contributed by atoms with Crippen molar-refractivity contribution >= 4 is 29.9 Å². The second kappa shape index (κ2) is 7.61. The number of nitrogens with zero attached hydrogens (tertiary/aromatic N) is 2. The number of halogens is 1. The van der Waals surface area contributed by atoms with Gasteiger partial charge in [-0.25, -0.2) is 0 Å². The van der Waals surface area contributed by atoms with Crippen LogP contribution in [0.25, 0.3) is 0 Å². The molecule has 1 aromatic rings. The van der Waals surface area contributed by atoms with Crippen molar-refractivity contribution in [2.45, 2.75) is 19.4 Å². The number of hydrogen-bond acceptors (Lipinski definition) is 1. The lowest BCUT2D eigenvalue weighted by Crippen LogP contribution is -2.39. The number of hydrogen-bond donors (Lipinski definition) is 1. The van der Waals surface area contributed by atoms with Crippen molar-refractivity contribution < 1.29 is 0 Å². The van der Waals surface area contributed by atoms with Gasteiger partial charge < -0.3 is 10.2 Å². The average molecular weight is 359 g/mol. The second-order valence-corrected chi connectivity index (χ2v) is 4.71. The summed E-state index contributed by atoms with van der Waals surface area (Å²) in [6.45, 7) is 1.96. The van der Waals surface area contributed by atoms with Gasteiger partial charge in [0.2, 0.25) is 0 Å². The Bertz CT molecular complexity index is 374. The molecular formula is C14H22IN3. The lowest BCUT2D eigenvalue weighted by Gasteiger charge is -2.22. The maximum Gasteiger partial charge on any atom is 0.193 e. The molecule has 0 aromatic heterocycles. The first-order valence-corrected chi connectivity index (χ1v) is 6.25. The number of benzene rings is 1. The smallest absolute Gasteiger partial charge is 0.193 e. The van der Waals surface area contributed by atoms with E-state index < -0.39 is 0 Å². The zero-order valence-electron chi connectivity index (χ0n) is 11.1. The molecule has 0 saturated heterocycles. The molecule has 1 N–H and O–H groups in total. The molecule has 0 bridgehead atoms. The molecule has 0 amide bonds. The van der Waals surface area contributed by atoms with Crippen LogP contribution in [0.2, 0.25) is 0 Å². The minimum Gasteiger partial charge on any atom is -0.356 e. The summed E-state index contributed by atoms with van der Waals surface area (Å²) in [6, 6.07) is 10.5. The molecule has 1 fully saturated rings. The van der Waals surface area contributed by atoms with Crippen molar-refractivity contribution in [2.24, 2.45) is 10.9 Å². The minimum absolute atomic E-state index is 0. The third kappa shape index (κ3) is 4.84. The van der Waals surface area contributed by atoms with E-state index in [-0.39, 0.29) is 24.0 Å². The maximum absolute atomic E-state index is 4.32. The molecule has 2 rings (SSSR count). The molecule has 0 aliphatic heterocycles. The fraction of sp³-hybridized carbons (Fsp3) is 0.500. The van der Waals surface area contributed by atoms with Crippen LogP contribution in [0, 0.1) is 5.92 Å². The van der Waals surface area contributed by atoms with Crippen molar-refractivity contribution in [3.63, 3.8) is 0 Å². The van der Waals surface area contributed by atoms with Crippen LogP contribution in [0.5, 0.6) is 0 Å². The fourth-order valence-electron chi connectivity index (χ4n) is 1.87. The highest BCUT2D eigenvalue weighted by atomic mass is 127. The Labute approximate surface area is 127 Å². The van der Waals surface area contributed by atoms with E-state index in [1.165, 1.54) is 18.4 Å². The SMILES string of the molecule is CN=C(NCC1CC1)N(C)Cc1ccccc1.I. The maximum atomic E-state index is 4.32. The zero-order valence-corrected chi connectivity index (χ0v) is 13.4. The van der Waals surface area contributed by atoms with Gasteiger partial charge in [0.15, 0.2) is 5.96 Å². The molecule has 0 spiro atoms. The molecule has 1 aliphatic carbocycles. The highest BCUT2D eigenvalue weighted by molar-refractivity contribution is 14.0. The Balaban J connectivity index is 0.00000162. The van der Waals surface area contributed by atoms with Gasteiger partial charge in [0.05, 0.1) is 0 Å². The summed E-state index contributed by atoms with van der Waals surface area (Å²) in [5, 5.41) is 3.43. The molecular weight excluding hydrogens is 337 g/mol. The zero-order chi connectivity index (χ0) is 12.1. The van der Waals surface area contributed by atoms with Gasteiger partial charge in [-0.1, -0.05) is 30.3 Å². The Kier molecular flexibility index (Phi) is 6.46. The highest BCUT2D eigenvalue weighted by Crippen LogP contribution is 2.27. The predicted octanol–water partition coefficient (Wildman–Crippen LogP) is 2.72. The molecule has 100 valence electrons. The number of rotatable bonds is 4. The van der Waals surface area contributed by atoms with Crippen LogP contribution in [-0.4, -0.2) is 31.5 Å². The first-order chi connectivity index (χ1) is 8.29. The second-order valence-electron chi connectivity index (χ2n) is 4.71. The first kappa shape index (κ1) is 15.3. The van der Waals surface area contributed by atoms with Gasteiger partial charge in [-0.2, -0.15) is 0 Å². The Hall–Kier alpha value is -0.780. The van der Waals surface area contributed by atoms with Gasteiger partial charge in [-0.05, 0) is 24.3 Å². The van der Waals surface area contributed by atoms with Crippen LogP contribution in [0.4, 0.5) is 0 Å².